The average Bonchev–Trinajstić information content (AvgIpc) is 2.62. The number of sulfonamides is 1. The van der Waals surface area contributed by atoms with Gasteiger partial charge in [0.15, 0.2) is 0 Å². The van der Waals surface area contributed by atoms with Crippen molar-refractivity contribution in [1.29, 1.82) is 0 Å². The first kappa shape index (κ1) is 19.8. The van der Waals surface area contributed by atoms with Crippen LogP contribution in [0.3, 0.4) is 0 Å². The molecule has 1 atom stereocenters. The van der Waals surface area contributed by atoms with Gasteiger partial charge in [-0.1, -0.05) is 0 Å². The van der Waals surface area contributed by atoms with Crippen molar-refractivity contribution in [2.24, 2.45) is 0 Å². The molecule has 1 saturated heterocycles. The van der Waals surface area contributed by atoms with Crippen molar-refractivity contribution in [3.05, 3.63) is 29.8 Å². The van der Waals surface area contributed by atoms with Crippen molar-refractivity contribution >= 4 is 16.0 Å². The van der Waals surface area contributed by atoms with Crippen LogP contribution in [-0.4, -0.2) is 85.8 Å². The van der Waals surface area contributed by atoms with E-state index >= 15 is 0 Å². The number of rotatable bonds is 7. The van der Waals surface area contributed by atoms with Crippen LogP contribution in [0, 0.1) is 0 Å². The Morgan fingerprint density at radius 2 is 1.80 bits per heavy atom. The van der Waals surface area contributed by atoms with Crippen LogP contribution in [0.1, 0.15) is 17.3 Å². The minimum atomic E-state index is -3.63. The molecule has 0 saturated carbocycles. The molecule has 1 fully saturated rings. The van der Waals surface area contributed by atoms with Gasteiger partial charge in [0, 0.05) is 32.7 Å². The Hall–Kier alpha value is -1.52. The highest BCUT2D eigenvalue weighted by Crippen LogP contribution is 2.18. The maximum atomic E-state index is 12.7. The van der Waals surface area contributed by atoms with E-state index in [2.05, 4.69) is 0 Å². The van der Waals surface area contributed by atoms with Crippen LogP contribution >= 0.6 is 0 Å². The van der Waals surface area contributed by atoms with Crippen molar-refractivity contribution in [2.45, 2.75) is 17.9 Å². The lowest BCUT2D eigenvalue weighted by Gasteiger charge is -2.34. The zero-order chi connectivity index (χ0) is 18.4. The molecule has 0 spiro atoms. The summed E-state index contributed by atoms with van der Waals surface area (Å²) in [5.74, 6) is -0.484. The summed E-state index contributed by atoms with van der Waals surface area (Å²) in [7, 11) is -3.63. The second kappa shape index (κ2) is 8.72. The molecule has 0 aliphatic carbocycles. The number of β-amino-alcohol motifs (C(OH)–C–C–N with tert-alkyl or cyclic N) is 1. The number of hydrogen-bond donors (Lipinski definition) is 2. The number of aliphatic hydroxyl groups is 2. The number of benzene rings is 1. The summed E-state index contributed by atoms with van der Waals surface area (Å²) in [6.45, 7) is 3.54. The second-order valence-corrected chi connectivity index (χ2v) is 7.72. The zero-order valence-electron chi connectivity index (χ0n) is 14.2. The number of ether oxygens (including phenoxy) is 1. The average molecular weight is 372 g/mol. The van der Waals surface area contributed by atoms with Gasteiger partial charge in [-0.25, -0.2) is 13.2 Å². The van der Waals surface area contributed by atoms with Gasteiger partial charge in [0.2, 0.25) is 10.0 Å². The number of nitrogens with zero attached hydrogens (tertiary/aromatic N) is 2. The topological polar surface area (TPSA) is 107 Å². The maximum absolute atomic E-state index is 12.7. The van der Waals surface area contributed by atoms with Crippen LogP contribution < -0.4 is 0 Å². The third-order valence-electron chi connectivity index (χ3n) is 4.01. The molecule has 1 unspecified atom stereocenters. The molecule has 0 bridgehead atoms. The molecule has 1 aliphatic heterocycles. The van der Waals surface area contributed by atoms with Crippen LogP contribution in [0.2, 0.25) is 0 Å². The highest BCUT2D eigenvalue weighted by atomic mass is 32.2. The fourth-order valence-corrected chi connectivity index (χ4v) is 4.06. The van der Waals surface area contributed by atoms with Crippen molar-refractivity contribution in [2.75, 3.05) is 45.9 Å². The third-order valence-corrected chi connectivity index (χ3v) is 5.93. The smallest absolute Gasteiger partial charge is 0.338 e. The highest BCUT2D eigenvalue weighted by Gasteiger charge is 2.29. The van der Waals surface area contributed by atoms with Gasteiger partial charge < -0.3 is 14.9 Å². The number of esters is 1. The number of carbonyl (C=O) groups excluding carboxylic acids is 1. The Kier molecular flexibility index (Phi) is 6.91. The lowest BCUT2D eigenvalue weighted by atomic mass is 10.2. The van der Waals surface area contributed by atoms with E-state index in [4.69, 9.17) is 9.84 Å². The summed E-state index contributed by atoms with van der Waals surface area (Å²) in [6.07, 6.45) is -0.821. The monoisotopic (exact) mass is 372 g/mol. The molecule has 1 heterocycles. The van der Waals surface area contributed by atoms with E-state index in [9.17, 15) is 18.3 Å². The molecule has 1 aromatic carbocycles. The molecule has 0 amide bonds. The minimum Gasteiger partial charge on any atom is -0.462 e. The Morgan fingerprint density at radius 3 is 2.32 bits per heavy atom. The number of piperazine rings is 1. The normalized spacial score (nSPS) is 18.0. The molecule has 2 N–H and O–H groups in total. The van der Waals surface area contributed by atoms with E-state index in [1.54, 1.807) is 6.92 Å². The van der Waals surface area contributed by atoms with Gasteiger partial charge in [-0.2, -0.15) is 4.31 Å². The van der Waals surface area contributed by atoms with E-state index < -0.39 is 22.1 Å². The summed E-state index contributed by atoms with van der Waals surface area (Å²) >= 11 is 0. The Morgan fingerprint density at radius 1 is 1.20 bits per heavy atom. The number of aliphatic hydroxyl groups excluding tert-OH is 2. The van der Waals surface area contributed by atoms with Crippen LogP contribution in [-0.2, 0) is 14.8 Å². The molecular weight excluding hydrogens is 348 g/mol. The van der Waals surface area contributed by atoms with Gasteiger partial charge in [0.05, 0.1) is 29.8 Å². The van der Waals surface area contributed by atoms with Crippen LogP contribution in [0.25, 0.3) is 0 Å². The summed E-state index contributed by atoms with van der Waals surface area (Å²) in [4.78, 5) is 13.7. The fraction of sp³-hybridized carbons (Fsp3) is 0.562. The van der Waals surface area contributed by atoms with Gasteiger partial charge in [0.25, 0.3) is 0 Å². The van der Waals surface area contributed by atoms with E-state index in [0.717, 1.165) is 0 Å². The SMILES string of the molecule is CCOC(=O)c1ccc(S(=O)(=O)N2CCN(CC(O)CO)CC2)cc1. The van der Waals surface area contributed by atoms with Gasteiger partial charge in [-0.05, 0) is 31.2 Å². The largest absolute Gasteiger partial charge is 0.462 e. The van der Waals surface area contributed by atoms with Gasteiger partial charge in [-0.3, -0.25) is 4.90 Å². The molecular formula is C16H24N2O6S. The summed E-state index contributed by atoms with van der Waals surface area (Å²) in [5, 5.41) is 18.3. The lowest BCUT2D eigenvalue weighted by molar-refractivity contribution is 0.0490. The third kappa shape index (κ3) is 4.99. The molecule has 8 nitrogen and oxygen atoms in total. The van der Waals surface area contributed by atoms with E-state index in [1.165, 1.54) is 28.6 Å². The highest BCUT2D eigenvalue weighted by molar-refractivity contribution is 7.89. The first-order valence-corrected chi connectivity index (χ1v) is 9.61. The van der Waals surface area contributed by atoms with Crippen LogP contribution in [0.4, 0.5) is 0 Å². The Bertz CT molecular complexity index is 668. The van der Waals surface area contributed by atoms with Gasteiger partial charge in [-0.15, -0.1) is 0 Å². The quantitative estimate of drug-likeness (QED) is 0.623. The van der Waals surface area contributed by atoms with E-state index in [-0.39, 0.29) is 18.1 Å². The van der Waals surface area contributed by atoms with Gasteiger partial charge in [0.1, 0.15) is 0 Å². The lowest BCUT2D eigenvalue weighted by Crippen LogP contribution is -2.50. The Balaban J connectivity index is 2.01. The number of carbonyl (C=O) groups is 1. The molecule has 0 aromatic heterocycles. The van der Waals surface area contributed by atoms with E-state index in [1.807, 2.05) is 4.90 Å². The molecule has 1 aromatic rings. The van der Waals surface area contributed by atoms with Crippen molar-refractivity contribution in [1.82, 2.24) is 9.21 Å². The molecule has 9 heteroatoms. The van der Waals surface area contributed by atoms with Gasteiger partial charge >= 0.3 is 5.97 Å². The Labute approximate surface area is 147 Å². The van der Waals surface area contributed by atoms with Crippen molar-refractivity contribution in [3.63, 3.8) is 0 Å². The predicted octanol–water partition coefficient (Wildman–Crippen LogP) is -0.477. The standard InChI is InChI=1S/C16H24N2O6S/c1-2-24-16(21)13-3-5-15(6-4-13)25(22,23)18-9-7-17(8-10-18)11-14(20)12-19/h3-6,14,19-20H,2,7-12H2,1H3. The predicted molar refractivity (Wildman–Crippen MR) is 90.7 cm³/mol. The molecule has 1 aliphatic rings. The first-order chi connectivity index (χ1) is 11.9. The van der Waals surface area contributed by atoms with Crippen LogP contribution in [0.15, 0.2) is 29.2 Å². The second-order valence-electron chi connectivity index (χ2n) is 5.79. The first-order valence-electron chi connectivity index (χ1n) is 8.17. The molecule has 0 radical (unpaired) electrons. The fourth-order valence-electron chi connectivity index (χ4n) is 2.63. The molecule has 2 rings (SSSR count). The van der Waals surface area contributed by atoms with Crippen molar-refractivity contribution < 1.29 is 28.2 Å². The van der Waals surface area contributed by atoms with Crippen molar-refractivity contribution in [3.8, 4) is 0 Å². The summed E-state index contributed by atoms with van der Waals surface area (Å²) < 4.78 is 31.6. The summed E-state index contributed by atoms with van der Waals surface area (Å²) in [6, 6.07) is 5.70. The molecule has 25 heavy (non-hydrogen) atoms. The maximum Gasteiger partial charge on any atom is 0.338 e. The van der Waals surface area contributed by atoms with Crippen LogP contribution in [0.5, 0.6) is 0 Å². The van der Waals surface area contributed by atoms with E-state index in [0.29, 0.717) is 38.3 Å². The molecule has 140 valence electrons. The number of hydrogen-bond acceptors (Lipinski definition) is 7. The zero-order valence-corrected chi connectivity index (χ0v) is 15.0. The minimum absolute atomic E-state index is 0.129. The summed E-state index contributed by atoms with van der Waals surface area (Å²) in [5.41, 5.74) is 0.309.